The lowest BCUT2D eigenvalue weighted by molar-refractivity contribution is 0.672. The maximum absolute atomic E-state index is 5.94. The molecule has 92 valence electrons. The molecule has 0 bridgehead atoms. The van der Waals surface area contributed by atoms with Crippen LogP contribution in [0.5, 0.6) is 0 Å². The number of rotatable bonds is 2. The van der Waals surface area contributed by atoms with Crippen molar-refractivity contribution in [2.24, 2.45) is 0 Å². The van der Waals surface area contributed by atoms with Crippen molar-refractivity contribution in [3.63, 3.8) is 0 Å². The fourth-order valence-corrected chi connectivity index (χ4v) is 2.80. The molecule has 18 heavy (non-hydrogen) atoms. The Morgan fingerprint density at radius 2 is 2.17 bits per heavy atom. The number of benzene rings is 1. The molecule has 1 aromatic heterocycles. The van der Waals surface area contributed by atoms with E-state index in [1.165, 1.54) is 16.8 Å². The van der Waals surface area contributed by atoms with E-state index in [2.05, 4.69) is 41.1 Å². The minimum atomic E-state index is 0.536. The highest BCUT2D eigenvalue weighted by Gasteiger charge is 2.25. The predicted octanol–water partition coefficient (Wildman–Crippen LogP) is 3.69. The fourth-order valence-electron chi connectivity index (χ4n) is 2.61. The zero-order valence-corrected chi connectivity index (χ0v) is 11.1. The topological polar surface area (TPSA) is 16.1 Å². The molecule has 1 aliphatic rings. The van der Waals surface area contributed by atoms with E-state index in [-0.39, 0.29) is 0 Å². The third-order valence-corrected chi connectivity index (χ3v) is 3.70. The highest BCUT2D eigenvalue weighted by atomic mass is 35.5. The van der Waals surface area contributed by atoms with Gasteiger partial charge >= 0.3 is 0 Å². The van der Waals surface area contributed by atoms with Gasteiger partial charge in [0.1, 0.15) is 5.15 Å². The van der Waals surface area contributed by atoms with Crippen LogP contribution in [0.4, 0.5) is 5.69 Å². The van der Waals surface area contributed by atoms with Crippen LogP contribution in [0.25, 0.3) is 0 Å². The first-order valence-electron chi connectivity index (χ1n) is 6.19. The third kappa shape index (κ3) is 2.08. The van der Waals surface area contributed by atoms with Gasteiger partial charge in [-0.2, -0.15) is 0 Å². The SMILES string of the molecule is CC1Cc2ccccc2N1Cc1ccnc(Cl)c1. The molecule has 0 saturated heterocycles. The van der Waals surface area contributed by atoms with Crippen molar-refractivity contribution in [1.82, 2.24) is 4.98 Å². The van der Waals surface area contributed by atoms with Crippen LogP contribution in [0.2, 0.25) is 5.15 Å². The summed E-state index contributed by atoms with van der Waals surface area (Å²) in [5.74, 6) is 0. The molecule has 0 saturated carbocycles. The minimum absolute atomic E-state index is 0.536. The second kappa shape index (κ2) is 4.62. The smallest absolute Gasteiger partial charge is 0.129 e. The Labute approximate surface area is 112 Å². The van der Waals surface area contributed by atoms with Crippen molar-refractivity contribution in [2.75, 3.05) is 4.90 Å². The molecule has 3 heteroatoms. The normalized spacial score (nSPS) is 17.9. The summed E-state index contributed by atoms with van der Waals surface area (Å²) in [4.78, 5) is 6.46. The first-order chi connectivity index (χ1) is 8.74. The summed E-state index contributed by atoms with van der Waals surface area (Å²) in [6, 6.07) is 13.1. The second-order valence-corrected chi connectivity index (χ2v) is 5.18. The van der Waals surface area contributed by atoms with E-state index in [4.69, 9.17) is 11.6 Å². The highest BCUT2D eigenvalue weighted by molar-refractivity contribution is 6.29. The van der Waals surface area contributed by atoms with Gasteiger partial charge in [0.05, 0.1) is 0 Å². The monoisotopic (exact) mass is 258 g/mol. The third-order valence-electron chi connectivity index (χ3n) is 3.49. The summed E-state index contributed by atoms with van der Waals surface area (Å²) < 4.78 is 0. The maximum atomic E-state index is 5.94. The van der Waals surface area contributed by atoms with Crippen molar-refractivity contribution in [3.05, 3.63) is 58.9 Å². The Kier molecular flexibility index (Phi) is 2.96. The number of hydrogen-bond donors (Lipinski definition) is 0. The van der Waals surface area contributed by atoms with E-state index in [9.17, 15) is 0 Å². The number of pyridine rings is 1. The van der Waals surface area contributed by atoms with Crippen LogP contribution in [0.1, 0.15) is 18.1 Å². The minimum Gasteiger partial charge on any atom is -0.364 e. The van der Waals surface area contributed by atoms with Crippen LogP contribution in [0.3, 0.4) is 0 Å². The van der Waals surface area contributed by atoms with Gasteiger partial charge in [-0.15, -0.1) is 0 Å². The van der Waals surface area contributed by atoms with Crippen LogP contribution in [0, 0.1) is 0 Å². The van der Waals surface area contributed by atoms with E-state index in [0.717, 1.165) is 13.0 Å². The summed E-state index contributed by atoms with van der Waals surface area (Å²) in [6.45, 7) is 3.16. The molecule has 1 aromatic carbocycles. The molecule has 0 amide bonds. The van der Waals surface area contributed by atoms with Crippen molar-refractivity contribution < 1.29 is 0 Å². The Hall–Kier alpha value is -1.54. The van der Waals surface area contributed by atoms with Crippen LogP contribution in [-0.4, -0.2) is 11.0 Å². The Morgan fingerprint density at radius 3 is 3.00 bits per heavy atom. The first kappa shape index (κ1) is 11.5. The summed E-state index contributed by atoms with van der Waals surface area (Å²) in [7, 11) is 0. The highest BCUT2D eigenvalue weighted by Crippen LogP contribution is 2.33. The molecule has 1 atom stereocenters. The van der Waals surface area contributed by atoms with Gasteiger partial charge in [0.15, 0.2) is 0 Å². The van der Waals surface area contributed by atoms with Crippen LogP contribution in [-0.2, 0) is 13.0 Å². The summed E-state index contributed by atoms with van der Waals surface area (Å²) in [5.41, 5.74) is 3.99. The van der Waals surface area contributed by atoms with Crippen molar-refractivity contribution in [2.45, 2.75) is 25.9 Å². The number of halogens is 1. The molecule has 2 aromatic rings. The van der Waals surface area contributed by atoms with Gasteiger partial charge in [-0.25, -0.2) is 4.98 Å². The molecular formula is C15H15ClN2. The second-order valence-electron chi connectivity index (χ2n) is 4.80. The number of anilines is 1. The zero-order chi connectivity index (χ0) is 12.5. The van der Waals surface area contributed by atoms with Gasteiger partial charge in [0.25, 0.3) is 0 Å². The van der Waals surface area contributed by atoms with Gasteiger partial charge in [0, 0.05) is 24.5 Å². The average molecular weight is 259 g/mol. The molecular weight excluding hydrogens is 244 g/mol. The van der Waals surface area contributed by atoms with Crippen molar-refractivity contribution in [1.29, 1.82) is 0 Å². The molecule has 1 aliphatic heterocycles. The van der Waals surface area contributed by atoms with Gasteiger partial charge in [-0.3, -0.25) is 0 Å². The number of nitrogens with zero attached hydrogens (tertiary/aromatic N) is 2. The molecule has 0 radical (unpaired) electrons. The Morgan fingerprint density at radius 1 is 1.33 bits per heavy atom. The summed E-state index contributed by atoms with van der Waals surface area (Å²) in [5, 5.41) is 0.563. The Balaban J connectivity index is 1.89. The van der Waals surface area contributed by atoms with Crippen LogP contribution in [0.15, 0.2) is 42.6 Å². The van der Waals surface area contributed by atoms with Gasteiger partial charge in [0.2, 0.25) is 0 Å². The first-order valence-corrected chi connectivity index (χ1v) is 6.57. The molecule has 3 rings (SSSR count). The number of aromatic nitrogens is 1. The standard InChI is InChI=1S/C15H15ClN2/c1-11-8-13-4-2-3-5-14(13)18(11)10-12-6-7-17-15(16)9-12/h2-7,9,11H,8,10H2,1H3. The van der Waals surface area contributed by atoms with E-state index in [0.29, 0.717) is 11.2 Å². The molecule has 2 heterocycles. The summed E-state index contributed by atoms with van der Waals surface area (Å²) in [6.07, 6.45) is 2.89. The van der Waals surface area contributed by atoms with Gasteiger partial charge in [-0.05, 0) is 42.7 Å². The summed E-state index contributed by atoms with van der Waals surface area (Å²) >= 11 is 5.94. The van der Waals surface area contributed by atoms with Gasteiger partial charge in [-0.1, -0.05) is 29.8 Å². The molecule has 0 spiro atoms. The lowest BCUT2D eigenvalue weighted by atomic mass is 10.1. The number of hydrogen-bond acceptors (Lipinski definition) is 2. The lowest BCUT2D eigenvalue weighted by Crippen LogP contribution is -2.28. The zero-order valence-electron chi connectivity index (χ0n) is 10.3. The van der Waals surface area contributed by atoms with E-state index in [1.807, 2.05) is 12.1 Å². The average Bonchev–Trinajstić information content (AvgIpc) is 2.66. The number of para-hydroxylation sites is 1. The van der Waals surface area contributed by atoms with E-state index >= 15 is 0 Å². The largest absolute Gasteiger partial charge is 0.364 e. The van der Waals surface area contributed by atoms with Crippen LogP contribution >= 0.6 is 11.6 Å². The number of fused-ring (bicyclic) bond motifs is 1. The van der Waals surface area contributed by atoms with Crippen molar-refractivity contribution in [3.8, 4) is 0 Å². The van der Waals surface area contributed by atoms with E-state index in [1.54, 1.807) is 6.20 Å². The molecule has 0 fully saturated rings. The molecule has 0 aliphatic carbocycles. The maximum Gasteiger partial charge on any atom is 0.129 e. The molecule has 1 unspecified atom stereocenters. The quantitative estimate of drug-likeness (QED) is 0.764. The lowest BCUT2D eigenvalue weighted by Gasteiger charge is -2.25. The van der Waals surface area contributed by atoms with Gasteiger partial charge < -0.3 is 4.90 Å². The predicted molar refractivity (Wildman–Crippen MR) is 75.0 cm³/mol. The van der Waals surface area contributed by atoms with Crippen LogP contribution < -0.4 is 4.90 Å². The Bertz CT molecular complexity index is 568. The van der Waals surface area contributed by atoms with E-state index < -0.39 is 0 Å². The molecule has 0 N–H and O–H groups in total. The van der Waals surface area contributed by atoms with Crippen molar-refractivity contribution >= 4 is 17.3 Å². The fraction of sp³-hybridized carbons (Fsp3) is 0.267. The molecule has 2 nitrogen and oxygen atoms in total.